The van der Waals surface area contributed by atoms with Crippen molar-refractivity contribution in [3.8, 4) is 0 Å². The van der Waals surface area contributed by atoms with Crippen molar-refractivity contribution in [2.24, 2.45) is 40.4 Å². The van der Waals surface area contributed by atoms with Crippen LogP contribution in [0.4, 0.5) is 0 Å². The van der Waals surface area contributed by atoms with Crippen molar-refractivity contribution in [1.82, 2.24) is 0 Å². The maximum Gasteiger partial charge on any atom is 0.333 e. The Morgan fingerprint density at radius 1 is 0.879 bits per heavy atom. The highest BCUT2D eigenvalue weighted by molar-refractivity contribution is 5.87. The number of ether oxygens (including phenoxy) is 3. The Morgan fingerprint density at radius 2 is 1.42 bits per heavy atom. The highest BCUT2D eigenvalue weighted by atomic mass is 16.7. The fourth-order valence-corrected chi connectivity index (χ4v) is 9.89. The number of rotatable bonds is 7. The molecule has 8 rings (SSSR count). The van der Waals surface area contributed by atoms with Gasteiger partial charge >= 0.3 is 11.9 Å². The summed E-state index contributed by atoms with van der Waals surface area (Å²) in [5, 5.41) is 0. The lowest BCUT2D eigenvalue weighted by Gasteiger charge is -2.59. The molecule has 0 N–H and O–H groups in total. The summed E-state index contributed by atoms with van der Waals surface area (Å²) in [6, 6.07) is 0. The van der Waals surface area contributed by atoms with Crippen molar-refractivity contribution in [2.45, 2.75) is 103 Å². The molecule has 8 aliphatic rings. The lowest BCUT2D eigenvalue weighted by Crippen LogP contribution is -2.60. The molecule has 0 aromatic carbocycles. The lowest BCUT2D eigenvalue weighted by atomic mass is 9.48. The van der Waals surface area contributed by atoms with Crippen LogP contribution in [0.25, 0.3) is 0 Å². The van der Waals surface area contributed by atoms with Crippen LogP contribution in [-0.4, -0.2) is 30.4 Å². The first-order chi connectivity index (χ1) is 15.7. The molecular formula is C28H40O5. The lowest BCUT2D eigenvalue weighted by molar-refractivity contribution is -0.228. The average molecular weight is 457 g/mol. The first-order valence-corrected chi connectivity index (χ1v) is 13.4. The van der Waals surface area contributed by atoms with Gasteiger partial charge in [0, 0.05) is 12.0 Å². The van der Waals surface area contributed by atoms with E-state index < -0.39 is 17.3 Å². The summed E-state index contributed by atoms with van der Waals surface area (Å²) >= 11 is 0. The van der Waals surface area contributed by atoms with Gasteiger partial charge in [-0.2, -0.15) is 0 Å². The van der Waals surface area contributed by atoms with Gasteiger partial charge in [-0.15, -0.1) is 0 Å². The van der Waals surface area contributed by atoms with Crippen LogP contribution in [-0.2, 0) is 23.8 Å². The summed E-state index contributed by atoms with van der Waals surface area (Å²) in [4.78, 5) is 25.9. The summed E-state index contributed by atoms with van der Waals surface area (Å²) < 4.78 is 18.2. The van der Waals surface area contributed by atoms with Crippen molar-refractivity contribution >= 4 is 11.9 Å². The van der Waals surface area contributed by atoms with Gasteiger partial charge in [0.05, 0.1) is 12.0 Å². The molecular weight excluding hydrogens is 416 g/mol. The van der Waals surface area contributed by atoms with Crippen LogP contribution in [0.1, 0.15) is 90.9 Å². The minimum absolute atomic E-state index is 0.134. The highest BCUT2D eigenvalue weighted by Crippen LogP contribution is 2.63. The fourth-order valence-electron chi connectivity index (χ4n) is 9.89. The first-order valence-electron chi connectivity index (χ1n) is 13.4. The van der Waals surface area contributed by atoms with Gasteiger partial charge in [0.2, 0.25) is 0 Å². The number of esters is 2. The molecule has 8 bridgehead atoms. The Kier molecular flexibility index (Phi) is 5.07. The van der Waals surface area contributed by atoms with Crippen molar-refractivity contribution in [3.63, 3.8) is 0 Å². The van der Waals surface area contributed by atoms with E-state index in [0.717, 1.165) is 56.5 Å². The van der Waals surface area contributed by atoms with Crippen LogP contribution in [0.5, 0.6) is 0 Å². The summed E-state index contributed by atoms with van der Waals surface area (Å²) in [6.45, 7) is 8.05. The highest BCUT2D eigenvalue weighted by Gasteiger charge is 2.63. The normalized spacial score (nSPS) is 47.4. The minimum Gasteiger partial charge on any atom is -0.456 e. The summed E-state index contributed by atoms with van der Waals surface area (Å²) in [5.41, 5.74) is -0.314. The average Bonchev–Trinajstić information content (AvgIpc) is 2.70. The van der Waals surface area contributed by atoms with Gasteiger partial charge in [-0.25, -0.2) is 4.79 Å². The molecule has 3 unspecified atom stereocenters. The van der Waals surface area contributed by atoms with Crippen LogP contribution < -0.4 is 0 Å². The van der Waals surface area contributed by atoms with E-state index in [4.69, 9.17) is 14.2 Å². The van der Waals surface area contributed by atoms with Crippen LogP contribution in [0, 0.1) is 40.4 Å². The van der Waals surface area contributed by atoms with Gasteiger partial charge in [0.15, 0.2) is 6.29 Å². The first kappa shape index (κ1) is 22.1. The van der Waals surface area contributed by atoms with Gasteiger partial charge in [-0.1, -0.05) is 6.58 Å². The molecule has 0 radical (unpaired) electrons. The smallest absolute Gasteiger partial charge is 0.333 e. The Morgan fingerprint density at radius 3 is 1.97 bits per heavy atom. The second kappa shape index (κ2) is 7.57. The molecule has 5 nitrogen and oxygen atoms in total. The van der Waals surface area contributed by atoms with Crippen molar-refractivity contribution < 1.29 is 23.8 Å². The largest absolute Gasteiger partial charge is 0.456 e. The Hall–Kier alpha value is -1.36. The molecule has 0 aromatic heterocycles. The van der Waals surface area contributed by atoms with E-state index in [-0.39, 0.29) is 11.9 Å². The van der Waals surface area contributed by atoms with Gasteiger partial charge in [-0.05, 0) is 119 Å². The zero-order chi connectivity index (χ0) is 23.0. The number of carbonyl (C=O) groups is 2. The second-order valence-electron chi connectivity index (χ2n) is 13.3. The molecule has 33 heavy (non-hydrogen) atoms. The topological polar surface area (TPSA) is 61.8 Å². The summed E-state index contributed by atoms with van der Waals surface area (Å²) in [6.07, 6.45) is 12.8. The number of hydrogen-bond donors (Lipinski definition) is 0. The molecule has 5 heteroatoms. The van der Waals surface area contributed by atoms with E-state index in [0.29, 0.717) is 29.2 Å². The fraction of sp³-hybridized carbons (Fsp3) is 0.857. The Labute approximate surface area is 198 Å². The summed E-state index contributed by atoms with van der Waals surface area (Å²) in [7, 11) is 0. The quantitative estimate of drug-likeness (QED) is 0.285. The molecule has 0 aliphatic heterocycles. The SMILES string of the molecule is C=C(C)C(=O)OC12CC3CC(C1)CC(C(=O)OC(C)OCC14CC5CC(CC(C5)C1)C4)(C3)C2. The summed E-state index contributed by atoms with van der Waals surface area (Å²) in [5.74, 6) is 3.08. The van der Waals surface area contributed by atoms with Gasteiger partial charge in [0.25, 0.3) is 0 Å². The van der Waals surface area contributed by atoms with Crippen LogP contribution in [0.2, 0.25) is 0 Å². The van der Waals surface area contributed by atoms with Gasteiger partial charge < -0.3 is 14.2 Å². The Balaban J connectivity index is 1.10. The molecule has 8 aliphatic carbocycles. The molecule has 182 valence electrons. The van der Waals surface area contributed by atoms with E-state index >= 15 is 0 Å². The zero-order valence-corrected chi connectivity index (χ0v) is 20.4. The van der Waals surface area contributed by atoms with Crippen molar-refractivity contribution in [3.05, 3.63) is 12.2 Å². The maximum atomic E-state index is 13.5. The third kappa shape index (κ3) is 3.86. The minimum atomic E-state index is -0.530. The molecule has 3 atom stereocenters. The standard InChI is InChI=1S/C28H40O5/c1-17(2)24(29)33-28-13-22-7-23(14-28)12-27(11-22,15-28)25(30)32-18(3)31-16-26-8-19-4-20(9-26)6-21(5-19)10-26/h18-23H,1,4-16H2,2-3H3. The van der Waals surface area contributed by atoms with Crippen LogP contribution in [0.3, 0.4) is 0 Å². The monoisotopic (exact) mass is 456 g/mol. The van der Waals surface area contributed by atoms with Gasteiger partial charge in [0.1, 0.15) is 5.60 Å². The van der Waals surface area contributed by atoms with E-state index in [1.807, 2.05) is 6.92 Å². The third-order valence-electron chi connectivity index (χ3n) is 10.2. The van der Waals surface area contributed by atoms with E-state index in [1.54, 1.807) is 6.92 Å². The van der Waals surface area contributed by atoms with Crippen LogP contribution >= 0.6 is 0 Å². The maximum absolute atomic E-state index is 13.5. The van der Waals surface area contributed by atoms with Crippen molar-refractivity contribution in [1.29, 1.82) is 0 Å². The molecule has 0 saturated heterocycles. The predicted molar refractivity (Wildman–Crippen MR) is 123 cm³/mol. The molecule has 0 amide bonds. The van der Waals surface area contributed by atoms with E-state index in [1.165, 1.54) is 38.5 Å². The molecule has 8 saturated carbocycles. The van der Waals surface area contributed by atoms with Gasteiger partial charge in [-0.3, -0.25) is 4.79 Å². The molecule has 0 spiro atoms. The molecule has 8 fully saturated rings. The number of carbonyl (C=O) groups excluding carboxylic acids is 2. The second-order valence-corrected chi connectivity index (χ2v) is 13.3. The third-order valence-corrected chi connectivity index (χ3v) is 10.2. The predicted octanol–water partition coefficient (Wildman–Crippen LogP) is 5.57. The molecule has 0 heterocycles. The zero-order valence-electron chi connectivity index (χ0n) is 20.4. The van der Waals surface area contributed by atoms with Crippen molar-refractivity contribution in [2.75, 3.05) is 6.61 Å². The van der Waals surface area contributed by atoms with E-state index in [9.17, 15) is 9.59 Å². The van der Waals surface area contributed by atoms with Crippen LogP contribution in [0.15, 0.2) is 12.2 Å². The number of hydrogen-bond acceptors (Lipinski definition) is 5. The van der Waals surface area contributed by atoms with E-state index in [2.05, 4.69) is 6.58 Å². The molecule has 0 aromatic rings. The Bertz CT molecular complexity index is 809.